The molecule has 1 saturated carbocycles. The van der Waals surface area contributed by atoms with Gasteiger partial charge in [-0.2, -0.15) is 10.2 Å². The highest BCUT2D eigenvalue weighted by molar-refractivity contribution is 6.63. The summed E-state index contributed by atoms with van der Waals surface area (Å²) in [7, 11) is 0.713. The Balaban J connectivity index is 1.59. The van der Waals surface area contributed by atoms with Crippen molar-refractivity contribution in [1.29, 1.82) is 5.26 Å². The lowest BCUT2D eigenvalue weighted by atomic mass is 9.71. The van der Waals surface area contributed by atoms with Gasteiger partial charge in [-0.15, -0.1) is 0 Å². The standard InChI is InChI=1S/C26H34BN5O4/c1-16-10-19(11-20(24(33)34-5)22(16)27-35-14-26(3,4)15-36-27)30-25-29-13-17(2)23(32-25)31-21-9-7-6-8-18(21)12-28/h10-11,13,18,21H,6-9,14-15H2,1-5H3,(H2,29,30,31,32)/t18-,21+/m0/s1. The molecule has 0 amide bonds. The Morgan fingerprint density at radius 3 is 2.61 bits per heavy atom. The number of methoxy groups -OCH3 is 1. The average molecular weight is 491 g/mol. The van der Waals surface area contributed by atoms with Gasteiger partial charge in [0.15, 0.2) is 0 Å². The molecule has 4 rings (SSSR count). The Morgan fingerprint density at radius 1 is 1.19 bits per heavy atom. The molecule has 2 aliphatic rings. The summed E-state index contributed by atoms with van der Waals surface area (Å²) in [6, 6.07) is 6.12. The predicted molar refractivity (Wildman–Crippen MR) is 139 cm³/mol. The van der Waals surface area contributed by atoms with Crippen molar-refractivity contribution in [2.75, 3.05) is 31.0 Å². The molecule has 1 aromatic heterocycles. The van der Waals surface area contributed by atoms with Crippen LogP contribution in [0.4, 0.5) is 17.5 Å². The normalized spacial score (nSPS) is 21.4. The van der Waals surface area contributed by atoms with Crippen molar-refractivity contribution in [2.24, 2.45) is 11.3 Å². The number of nitriles is 1. The van der Waals surface area contributed by atoms with Crippen LogP contribution in [0, 0.1) is 36.5 Å². The van der Waals surface area contributed by atoms with Gasteiger partial charge >= 0.3 is 13.1 Å². The fourth-order valence-electron chi connectivity index (χ4n) is 4.73. The van der Waals surface area contributed by atoms with E-state index in [0.717, 1.165) is 36.8 Å². The molecule has 1 aliphatic heterocycles. The lowest BCUT2D eigenvalue weighted by Crippen LogP contribution is -2.50. The maximum Gasteiger partial charge on any atom is 0.495 e. The lowest BCUT2D eigenvalue weighted by Gasteiger charge is -2.34. The summed E-state index contributed by atoms with van der Waals surface area (Å²) < 4.78 is 17.0. The third kappa shape index (κ3) is 5.80. The van der Waals surface area contributed by atoms with Gasteiger partial charge in [0.1, 0.15) is 5.82 Å². The summed E-state index contributed by atoms with van der Waals surface area (Å²) in [5.41, 5.74) is 3.32. The number of esters is 1. The Labute approximate surface area is 213 Å². The number of hydrogen-bond acceptors (Lipinski definition) is 9. The summed E-state index contributed by atoms with van der Waals surface area (Å²) in [4.78, 5) is 21.8. The number of nitrogens with one attached hydrogen (secondary N) is 2. The third-order valence-corrected chi connectivity index (χ3v) is 6.76. The first-order valence-electron chi connectivity index (χ1n) is 12.4. The van der Waals surface area contributed by atoms with E-state index in [0.29, 0.717) is 41.7 Å². The van der Waals surface area contributed by atoms with E-state index in [-0.39, 0.29) is 17.4 Å². The first kappa shape index (κ1) is 25.9. The molecule has 1 aliphatic carbocycles. The predicted octanol–water partition coefficient (Wildman–Crippen LogP) is 3.89. The molecule has 1 saturated heterocycles. The zero-order valence-electron chi connectivity index (χ0n) is 21.7. The van der Waals surface area contributed by atoms with Crippen LogP contribution in [-0.2, 0) is 14.0 Å². The van der Waals surface area contributed by atoms with Crippen molar-refractivity contribution >= 4 is 36.0 Å². The molecule has 190 valence electrons. The van der Waals surface area contributed by atoms with E-state index in [9.17, 15) is 10.1 Å². The van der Waals surface area contributed by atoms with Crippen molar-refractivity contribution in [3.63, 3.8) is 0 Å². The highest BCUT2D eigenvalue weighted by Gasteiger charge is 2.37. The summed E-state index contributed by atoms with van der Waals surface area (Å²) in [6.45, 7) is 9.05. The molecule has 2 N–H and O–H groups in total. The van der Waals surface area contributed by atoms with Gasteiger partial charge in [0.2, 0.25) is 5.95 Å². The monoisotopic (exact) mass is 491 g/mol. The van der Waals surface area contributed by atoms with Gasteiger partial charge in [-0.3, -0.25) is 0 Å². The Hall–Kier alpha value is -3.16. The summed E-state index contributed by atoms with van der Waals surface area (Å²) >= 11 is 0. The topological polar surface area (TPSA) is 118 Å². The molecule has 2 fully saturated rings. The van der Waals surface area contributed by atoms with Gasteiger partial charge in [0.05, 0.1) is 24.7 Å². The lowest BCUT2D eigenvalue weighted by molar-refractivity contribution is 0.0339. The zero-order valence-corrected chi connectivity index (χ0v) is 21.7. The number of aromatic nitrogens is 2. The van der Waals surface area contributed by atoms with Gasteiger partial charge in [0.25, 0.3) is 0 Å². The van der Waals surface area contributed by atoms with Crippen LogP contribution in [0.1, 0.15) is 61.0 Å². The number of rotatable bonds is 6. The van der Waals surface area contributed by atoms with E-state index in [1.807, 2.05) is 19.9 Å². The molecule has 0 spiro atoms. The van der Waals surface area contributed by atoms with Gasteiger partial charge in [-0.05, 0) is 49.8 Å². The minimum atomic E-state index is -0.642. The first-order chi connectivity index (χ1) is 17.2. The van der Waals surface area contributed by atoms with Crippen LogP contribution < -0.4 is 16.1 Å². The van der Waals surface area contributed by atoms with Gasteiger partial charge < -0.3 is 24.7 Å². The van der Waals surface area contributed by atoms with Crippen molar-refractivity contribution < 1.29 is 18.8 Å². The van der Waals surface area contributed by atoms with Crippen molar-refractivity contribution in [2.45, 2.75) is 59.4 Å². The summed E-state index contributed by atoms with van der Waals surface area (Å²) in [6.07, 6.45) is 5.76. The van der Waals surface area contributed by atoms with Crippen LogP contribution in [0.25, 0.3) is 0 Å². The molecule has 0 unspecified atom stereocenters. The average Bonchev–Trinajstić information content (AvgIpc) is 2.86. The van der Waals surface area contributed by atoms with E-state index in [4.69, 9.17) is 14.0 Å². The smallest absolute Gasteiger partial charge is 0.465 e. The Bertz CT molecular complexity index is 1160. The van der Waals surface area contributed by atoms with E-state index < -0.39 is 13.1 Å². The quantitative estimate of drug-likeness (QED) is 0.458. The minimum absolute atomic E-state index is 0.0304. The summed E-state index contributed by atoms with van der Waals surface area (Å²) in [5, 5.41) is 16.2. The molecular formula is C26H34BN5O4. The molecule has 10 heteroatoms. The van der Waals surface area contributed by atoms with Crippen molar-refractivity contribution in [3.05, 3.63) is 35.0 Å². The second-order valence-corrected chi connectivity index (χ2v) is 10.5. The van der Waals surface area contributed by atoms with Crippen LogP contribution in [0.15, 0.2) is 18.3 Å². The van der Waals surface area contributed by atoms with Crippen LogP contribution in [0.3, 0.4) is 0 Å². The molecule has 0 bridgehead atoms. The third-order valence-electron chi connectivity index (χ3n) is 6.76. The fraction of sp³-hybridized carbons (Fsp3) is 0.538. The maximum absolute atomic E-state index is 12.7. The maximum atomic E-state index is 12.7. The molecule has 2 heterocycles. The SMILES string of the molecule is COC(=O)c1cc(Nc2ncc(C)c(N[C@@H]3CCCC[C@H]3C#N)n2)cc(C)c1B1OCC(C)(C)CO1. The Kier molecular flexibility index (Phi) is 7.81. The van der Waals surface area contributed by atoms with Crippen LogP contribution in [0.5, 0.6) is 0 Å². The summed E-state index contributed by atoms with van der Waals surface area (Å²) in [5.74, 6) is 0.591. The van der Waals surface area contributed by atoms with Crippen molar-refractivity contribution in [1.82, 2.24) is 9.97 Å². The highest BCUT2D eigenvalue weighted by Crippen LogP contribution is 2.28. The van der Waals surface area contributed by atoms with Crippen LogP contribution >= 0.6 is 0 Å². The zero-order chi connectivity index (χ0) is 25.9. The number of ether oxygens (including phenoxy) is 1. The van der Waals surface area contributed by atoms with Crippen molar-refractivity contribution in [3.8, 4) is 6.07 Å². The number of aryl methyl sites for hydroxylation is 2. The second kappa shape index (κ2) is 10.8. The molecule has 2 aromatic rings. The van der Waals surface area contributed by atoms with Gasteiger partial charge in [-0.25, -0.2) is 9.78 Å². The Morgan fingerprint density at radius 2 is 1.92 bits per heavy atom. The molecular weight excluding hydrogens is 457 g/mol. The highest BCUT2D eigenvalue weighted by atomic mass is 16.6. The second-order valence-electron chi connectivity index (χ2n) is 10.5. The molecule has 2 atom stereocenters. The number of carbonyl (C=O) groups is 1. The van der Waals surface area contributed by atoms with Crippen LogP contribution in [-0.4, -0.2) is 49.4 Å². The van der Waals surface area contributed by atoms with Gasteiger partial charge in [0, 0.05) is 42.1 Å². The van der Waals surface area contributed by atoms with E-state index in [1.54, 1.807) is 12.3 Å². The molecule has 36 heavy (non-hydrogen) atoms. The first-order valence-corrected chi connectivity index (χ1v) is 12.4. The number of carbonyl (C=O) groups excluding carboxylic acids is 1. The fourth-order valence-corrected chi connectivity index (χ4v) is 4.73. The van der Waals surface area contributed by atoms with E-state index in [1.165, 1.54) is 7.11 Å². The van der Waals surface area contributed by atoms with E-state index in [2.05, 4.69) is 40.5 Å². The van der Waals surface area contributed by atoms with E-state index >= 15 is 0 Å². The minimum Gasteiger partial charge on any atom is -0.465 e. The number of anilines is 3. The number of benzene rings is 1. The number of hydrogen-bond donors (Lipinski definition) is 2. The van der Waals surface area contributed by atoms with Crippen LogP contribution in [0.2, 0.25) is 0 Å². The number of nitrogens with zero attached hydrogens (tertiary/aromatic N) is 3. The van der Waals surface area contributed by atoms with Gasteiger partial charge in [-0.1, -0.05) is 26.7 Å². The molecule has 1 aromatic carbocycles. The molecule has 0 radical (unpaired) electrons. The largest absolute Gasteiger partial charge is 0.495 e. The molecule has 9 nitrogen and oxygen atoms in total.